The summed E-state index contributed by atoms with van der Waals surface area (Å²) in [6, 6.07) is 10.1. The molecule has 0 aliphatic carbocycles. The first kappa shape index (κ1) is 13.1. The lowest BCUT2D eigenvalue weighted by Gasteiger charge is -2.22. The highest BCUT2D eigenvalue weighted by Gasteiger charge is 2.28. The van der Waals surface area contributed by atoms with Crippen molar-refractivity contribution in [2.45, 2.75) is 19.8 Å². The lowest BCUT2D eigenvalue weighted by Crippen LogP contribution is -2.38. The number of hydrogen-bond donors (Lipinski definition) is 1. The number of nitrogens with two attached hydrogens (primary N) is 1. The summed E-state index contributed by atoms with van der Waals surface area (Å²) in [7, 11) is 0. The number of hydrogen-bond acceptors (Lipinski definition) is 2. The topological polar surface area (TPSA) is 46.3 Å². The van der Waals surface area contributed by atoms with Crippen LogP contribution < -0.4 is 5.73 Å². The zero-order chi connectivity index (χ0) is 13.0. The predicted octanol–water partition coefficient (Wildman–Crippen LogP) is 1.67. The molecular weight excluding hydrogens is 224 g/mol. The Morgan fingerprint density at radius 1 is 1.44 bits per heavy atom. The number of carbonyl (C=O) groups excluding carboxylic acids is 1. The number of amides is 1. The molecule has 3 heteroatoms. The van der Waals surface area contributed by atoms with Crippen molar-refractivity contribution in [2.75, 3.05) is 19.6 Å². The normalized spacial score (nSPS) is 21.0. The van der Waals surface area contributed by atoms with Crippen molar-refractivity contribution >= 4 is 5.91 Å². The van der Waals surface area contributed by atoms with Gasteiger partial charge in [-0.15, -0.1) is 0 Å². The maximum absolute atomic E-state index is 12.4. The van der Waals surface area contributed by atoms with Crippen LogP contribution in [0.15, 0.2) is 30.3 Å². The molecule has 1 fully saturated rings. The fourth-order valence-electron chi connectivity index (χ4n) is 2.56. The van der Waals surface area contributed by atoms with Crippen LogP contribution in [0.25, 0.3) is 0 Å². The van der Waals surface area contributed by atoms with Gasteiger partial charge in [-0.2, -0.15) is 0 Å². The van der Waals surface area contributed by atoms with Crippen molar-refractivity contribution in [3.63, 3.8) is 0 Å². The molecule has 2 unspecified atom stereocenters. The van der Waals surface area contributed by atoms with E-state index in [1.807, 2.05) is 23.1 Å². The van der Waals surface area contributed by atoms with E-state index < -0.39 is 0 Å². The fourth-order valence-corrected chi connectivity index (χ4v) is 2.56. The quantitative estimate of drug-likeness (QED) is 0.878. The van der Waals surface area contributed by atoms with Crippen molar-refractivity contribution in [3.8, 4) is 0 Å². The first-order valence-corrected chi connectivity index (χ1v) is 6.73. The summed E-state index contributed by atoms with van der Waals surface area (Å²) in [5.74, 6) is 0.785. The van der Waals surface area contributed by atoms with Crippen LogP contribution in [0.1, 0.15) is 18.9 Å². The Morgan fingerprint density at radius 2 is 2.17 bits per heavy atom. The van der Waals surface area contributed by atoms with Gasteiger partial charge in [0.05, 0.1) is 5.92 Å². The van der Waals surface area contributed by atoms with Crippen LogP contribution in [0.5, 0.6) is 0 Å². The summed E-state index contributed by atoms with van der Waals surface area (Å²) in [5.41, 5.74) is 6.96. The van der Waals surface area contributed by atoms with Gasteiger partial charge < -0.3 is 10.6 Å². The minimum absolute atomic E-state index is 0.0716. The molecule has 1 aromatic carbocycles. The second-order valence-electron chi connectivity index (χ2n) is 5.30. The van der Waals surface area contributed by atoms with E-state index in [4.69, 9.17) is 5.73 Å². The maximum Gasteiger partial charge on any atom is 0.227 e. The summed E-state index contributed by atoms with van der Waals surface area (Å²) < 4.78 is 0. The Kier molecular flexibility index (Phi) is 4.37. The van der Waals surface area contributed by atoms with Gasteiger partial charge in [-0.1, -0.05) is 37.3 Å². The zero-order valence-electron chi connectivity index (χ0n) is 11.0. The molecule has 0 saturated carbocycles. The number of rotatable bonds is 4. The van der Waals surface area contributed by atoms with Gasteiger partial charge in [-0.25, -0.2) is 0 Å². The molecule has 1 aromatic rings. The smallest absolute Gasteiger partial charge is 0.227 e. The number of benzene rings is 1. The van der Waals surface area contributed by atoms with Crippen LogP contribution in [0.3, 0.4) is 0 Å². The predicted molar refractivity (Wildman–Crippen MR) is 73.1 cm³/mol. The van der Waals surface area contributed by atoms with Gasteiger partial charge in [-0.3, -0.25) is 4.79 Å². The average Bonchev–Trinajstić information content (AvgIpc) is 2.83. The molecule has 2 N–H and O–H groups in total. The molecule has 2 rings (SSSR count). The van der Waals surface area contributed by atoms with Crippen molar-refractivity contribution in [1.82, 2.24) is 4.90 Å². The van der Waals surface area contributed by atoms with Crippen molar-refractivity contribution in [3.05, 3.63) is 35.9 Å². The van der Waals surface area contributed by atoms with Gasteiger partial charge in [0.1, 0.15) is 0 Å². The van der Waals surface area contributed by atoms with E-state index in [1.165, 1.54) is 5.56 Å². The largest absolute Gasteiger partial charge is 0.342 e. The highest BCUT2D eigenvalue weighted by molar-refractivity contribution is 5.79. The average molecular weight is 246 g/mol. The zero-order valence-corrected chi connectivity index (χ0v) is 11.0. The molecule has 0 bridgehead atoms. The van der Waals surface area contributed by atoms with Crippen LogP contribution in [-0.2, 0) is 11.2 Å². The molecule has 18 heavy (non-hydrogen) atoms. The second kappa shape index (κ2) is 6.01. The maximum atomic E-state index is 12.4. The van der Waals surface area contributed by atoms with E-state index in [0.29, 0.717) is 12.5 Å². The number of likely N-dealkylation sites (tertiary alicyclic amines) is 1. The number of carbonyl (C=O) groups is 1. The Hall–Kier alpha value is -1.35. The van der Waals surface area contributed by atoms with Crippen LogP contribution in [0.2, 0.25) is 0 Å². The molecule has 3 nitrogen and oxygen atoms in total. The summed E-state index contributed by atoms with van der Waals surface area (Å²) in [6.07, 6.45) is 1.87. The standard InChI is InChI=1S/C15H22N2O/c1-12-7-8-17(11-12)15(18)14(10-16)9-13-5-3-2-4-6-13/h2-6,12,14H,7-11,16H2,1H3. The minimum atomic E-state index is -0.0716. The van der Waals surface area contributed by atoms with Gasteiger partial charge in [0.15, 0.2) is 0 Å². The summed E-state index contributed by atoms with van der Waals surface area (Å²) in [5, 5.41) is 0. The van der Waals surface area contributed by atoms with Gasteiger partial charge in [0.25, 0.3) is 0 Å². The van der Waals surface area contributed by atoms with E-state index in [2.05, 4.69) is 19.1 Å². The minimum Gasteiger partial charge on any atom is -0.342 e. The third kappa shape index (κ3) is 3.10. The molecule has 0 aromatic heterocycles. The summed E-state index contributed by atoms with van der Waals surface area (Å²) in [4.78, 5) is 14.3. The molecule has 1 aliphatic heterocycles. The van der Waals surface area contributed by atoms with Crippen LogP contribution in [0.4, 0.5) is 0 Å². The van der Waals surface area contributed by atoms with Crippen LogP contribution in [-0.4, -0.2) is 30.4 Å². The molecule has 0 radical (unpaired) electrons. The van der Waals surface area contributed by atoms with E-state index in [0.717, 1.165) is 25.9 Å². The van der Waals surface area contributed by atoms with E-state index in [-0.39, 0.29) is 11.8 Å². The first-order valence-electron chi connectivity index (χ1n) is 6.73. The third-order valence-corrected chi connectivity index (χ3v) is 3.69. The summed E-state index contributed by atoms with van der Waals surface area (Å²) in [6.45, 7) is 4.41. The monoisotopic (exact) mass is 246 g/mol. The first-order chi connectivity index (χ1) is 8.70. The molecule has 98 valence electrons. The second-order valence-corrected chi connectivity index (χ2v) is 5.30. The Labute approximate surface area is 109 Å². The number of nitrogens with zero attached hydrogens (tertiary/aromatic N) is 1. The SMILES string of the molecule is CC1CCN(C(=O)C(CN)Cc2ccccc2)C1. The highest BCUT2D eigenvalue weighted by Crippen LogP contribution is 2.19. The fraction of sp³-hybridized carbons (Fsp3) is 0.533. The molecule has 1 aliphatic rings. The Bertz CT molecular complexity index is 391. The highest BCUT2D eigenvalue weighted by atomic mass is 16.2. The van der Waals surface area contributed by atoms with Gasteiger partial charge in [-0.05, 0) is 24.3 Å². The molecule has 1 amide bonds. The molecule has 1 heterocycles. The lowest BCUT2D eigenvalue weighted by atomic mass is 9.98. The van der Waals surface area contributed by atoms with Gasteiger partial charge in [0, 0.05) is 19.6 Å². The van der Waals surface area contributed by atoms with Gasteiger partial charge >= 0.3 is 0 Å². The molecule has 1 saturated heterocycles. The van der Waals surface area contributed by atoms with Crippen molar-refractivity contribution < 1.29 is 4.79 Å². The van der Waals surface area contributed by atoms with E-state index >= 15 is 0 Å². The van der Waals surface area contributed by atoms with Crippen molar-refractivity contribution in [1.29, 1.82) is 0 Å². The lowest BCUT2D eigenvalue weighted by molar-refractivity contribution is -0.134. The molecular formula is C15H22N2O. The van der Waals surface area contributed by atoms with Gasteiger partial charge in [0.2, 0.25) is 5.91 Å². The Balaban J connectivity index is 1.98. The Morgan fingerprint density at radius 3 is 2.72 bits per heavy atom. The van der Waals surface area contributed by atoms with E-state index in [9.17, 15) is 4.79 Å². The third-order valence-electron chi connectivity index (χ3n) is 3.69. The molecule has 0 spiro atoms. The van der Waals surface area contributed by atoms with Crippen LogP contribution >= 0.6 is 0 Å². The summed E-state index contributed by atoms with van der Waals surface area (Å²) >= 11 is 0. The molecule has 2 atom stereocenters. The van der Waals surface area contributed by atoms with E-state index in [1.54, 1.807) is 0 Å². The van der Waals surface area contributed by atoms with Crippen LogP contribution in [0, 0.1) is 11.8 Å². The van der Waals surface area contributed by atoms with Crippen molar-refractivity contribution in [2.24, 2.45) is 17.6 Å².